The lowest BCUT2D eigenvalue weighted by atomic mass is 9.95. The SMILES string of the molecule is CCOC(=O)C1=C(C)N=C2SC=CN2[C@@H]1c1ccc(OCC(=O)Nc2ccc(CC)cc2)cc1. The number of amides is 1. The second kappa shape index (κ2) is 10.6. The van der Waals surface area contributed by atoms with Gasteiger partial charge in [-0.2, -0.15) is 0 Å². The zero-order valence-corrected chi connectivity index (χ0v) is 20.2. The van der Waals surface area contributed by atoms with Gasteiger partial charge in [-0.25, -0.2) is 9.79 Å². The van der Waals surface area contributed by atoms with E-state index in [9.17, 15) is 9.59 Å². The Labute approximate surface area is 203 Å². The number of rotatable bonds is 8. The predicted molar refractivity (Wildman–Crippen MR) is 134 cm³/mol. The van der Waals surface area contributed by atoms with Gasteiger partial charge in [-0.05, 0) is 61.1 Å². The highest BCUT2D eigenvalue weighted by atomic mass is 32.2. The number of amidine groups is 1. The third kappa shape index (κ3) is 5.17. The molecule has 0 aliphatic carbocycles. The monoisotopic (exact) mass is 477 g/mol. The van der Waals surface area contributed by atoms with Gasteiger partial charge in [-0.3, -0.25) is 4.79 Å². The number of aliphatic imine (C=N–C) groups is 1. The van der Waals surface area contributed by atoms with Gasteiger partial charge in [0.25, 0.3) is 5.91 Å². The molecule has 0 fully saturated rings. The van der Waals surface area contributed by atoms with E-state index in [2.05, 4.69) is 17.2 Å². The fourth-order valence-electron chi connectivity index (χ4n) is 3.81. The van der Waals surface area contributed by atoms with Crippen molar-refractivity contribution in [3.63, 3.8) is 0 Å². The molecule has 7 nitrogen and oxygen atoms in total. The van der Waals surface area contributed by atoms with Gasteiger partial charge >= 0.3 is 5.97 Å². The Kier molecular flexibility index (Phi) is 7.37. The second-order valence-corrected chi connectivity index (χ2v) is 8.66. The number of ether oxygens (including phenoxy) is 2. The molecule has 1 N–H and O–H groups in total. The van der Waals surface area contributed by atoms with Gasteiger partial charge in [0.15, 0.2) is 11.8 Å². The number of fused-ring (bicyclic) bond motifs is 1. The summed E-state index contributed by atoms with van der Waals surface area (Å²) in [5.41, 5.74) is 4.01. The van der Waals surface area contributed by atoms with E-state index in [1.165, 1.54) is 17.3 Å². The van der Waals surface area contributed by atoms with Crippen molar-refractivity contribution in [2.45, 2.75) is 33.2 Å². The van der Waals surface area contributed by atoms with Crippen molar-refractivity contribution in [1.82, 2.24) is 4.90 Å². The number of nitrogens with zero attached hydrogens (tertiary/aromatic N) is 2. The summed E-state index contributed by atoms with van der Waals surface area (Å²) >= 11 is 1.51. The second-order valence-electron chi connectivity index (χ2n) is 7.78. The first-order valence-corrected chi connectivity index (χ1v) is 12.1. The lowest BCUT2D eigenvalue weighted by molar-refractivity contribution is -0.139. The Morgan fingerprint density at radius 2 is 1.82 bits per heavy atom. The number of hydrogen-bond donors (Lipinski definition) is 1. The summed E-state index contributed by atoms with van der Waals surface area (Å²) in [6, 6.07) is 14.8. The topological polar surface area (TPSA) is 80.2 Å². The van der Waals surface area contributed by atoms with Gasteiger partial charge in [0.2, 0.25) is 0 Å². The number of carbonyl (C=O) groups is 2. The first-order chi connectivity index (χ1) is 16.5. The van der Waals surface area contributed by atoms with Crippen LogP contribution in [0.25, 0.3) is 0 Å². The fourth-order valence-corrected chi connectivity index (χ4v) is 4.61. The zero-order chi connectivity index (χ0) is 24.1. The number of allylic oxidation sites excluding steroid dienone is 1. The number of carbonyl (C=O) groups excluding carboxylic acids is 2. The van der Waals surface area contributed by atoms with Gasteiger partial charge in [0, 0.05) is 11.9 Å². The minimum absolute atomic E-state index is 0.103. The Balaban J connectivity index is 1.44. The molecule has 0 aromatic heterocycles. The summed E-state index contributed by atoms with van der Waals surface area (Å²) in [5, 5.41) is 5.60. The quantitative estimate of drug-likeness (QED) is 0.537. The van der Waals surface area contributed by atoms with Crippen LogP contribution < -0.4 is 10.1 Å². The molecule has 1 amide bonds. The van der Waals surface area contributed by atoms with Crippen LogP contribution in [0, 0.1) is 0 Å². The standard InChI is InChI=1S/C26H27N3O4S/c1-4-18-6-10-20(11-7-18)28-22(30)16-33-21-12-8-19(9-13-21)24-23(25(31)32-5-2)17(3)27-26-29(24)14-15-34-26/h6-15,24H,4-5,16H2,1-3H3,(H,28,30)/t24-/m1/s1. The average molecular weight is 478 g/mol. The minimum atomic E-state index is -0.373. The highest BCUT2D eigenvalue weighted by molar-refractivity contribution is 8.16. The molecule has 2 aromatic rings. The van der Waals surface area contributed by atoms with E-state index >= 15 is 0 Å². The summed E-state index contributed by atoms with van der Waals surface area (Å²) in [7, 11) is 0. The number of thioether (sulfide) groups is 1. The van der Waals surface area contributed by atoms with Crippen molar-refractivity contribution < 1.29 is 19.1 Å². The molecule has 0 saturated carbocycles. The number of anilines is 1. The molecular formula is C26H27N3O4S. The Bertz CT molecular complexity index is 1150. The molecule has 1 atom stereocenters. The van der Waals surface area contributed by atoms with Crippen molar-refractivity contribution in [2.75, 3.05) is 18.5 Å². The van der Waals surface area contributed by atoms with E-state index in [0.717, 1.165) is 22.8 Å². The number of aryl methyl sites for hydroxylation is 1. The summed E-state index contributed by atoms with van der Waals surface area (Å²) < 4.78 is 11.0. The highest BCUT2D eigenvalue weighted by Crippen LogP contribution is 2.41. The molecule has 0 radical (unpaired) electrons. The van der Waals surface area contributed by atoms with Crippen LogP contribution >= 0.6 is 11.8 Å². The summed E-state index contributed by atoms with van der Waals surface area (Å²) in [6.45, 7) is 5.89. The third-order valence-corrected chi connectivity index (χ3v) is 6.30. The van der Waals surface area contributed by atoms with Crippen LogP contribution in [0.3, 0.4) is 0 Å². The lowest BCUT2D eigenvalue weighted by Gasteiger charge is -2.33. The van der Waals surface area contributed by atoms with Crippen LogP contribution in [-0.4, -0.2) is 35.2 Å². The van der Waals surface area contributed by atoms with Gasteiger partial charge in [-0.15, -0.1) is 0 Å². The molecule has 2 aliphatic rings. The summed E-state index contributed by atoms with van der Waals surface area (Å²) in [4.78, 5) is 31.5. The van der Waals surface area contributed by atoms with Crippen molar-refractivity contribution >= 4 is 34.5 Å². The smallest absolute Gasteiger partial charge is 0.338 e. The molecule has 176 valence electrons. The zero-order valence-electron chi connectivity index (χ0n) is 19.4. The molecule has 2 heterocycles. The van der Waals surface area contributed by atoms with Crippen LogP contribution in [0.5, 0.6) is 5.75 Å². The van der Waals surface area contributed by atoms with E-state index in [4.69, 9.17) is 9.47 Å². The molecule has 2 aromatic carbocycles. The van der Waals surface area contributed by atoms with E-state index in [0.29, 0.717) is 23.6 Å². The Morgan fingerprint density at radius 3 is 2.50 bits per heavy atom. The largest absolute Gasteiger partial charge is 0.484 e. The van der Waals surface area contributed by atoms with Crippen molar-refractivity contribution in [3.05, 3.63) is 82.5 Å². The Hall–Kier alpha value is -3.52. The van der Waals surface area contributed by atoms with Gasteiger partial charge in [0.05, 0.1) is 23.9 Å². The fraction of sp³-hybridized carbons (Fsp3) is 0.269. The molecular weight excluding hydrogens is 450 g/mol. The number of nitrogens with one attached hydrogen (secondary N) is 1. The Morgan fingerprint density at radius 1 is 1.09 bits per heavy atom. The van der Waals surface area contributed by atoms with E-state index in [1.54, 1.807) is 19.1 Å². The average Bonchev–Trinajstić information content (AvgIpc) is 3.31. The van der Waals surface area contributed by atoms with Crippen LogP contribution in [0.15, 0.2) is 76.4 Å². The predicted octanol–water partition coefficient (Wildman–Crippen LogP) is 5.03. The lowest BCUT2D eigenvalue weighted by Crippen LogP contribution is -2.34. The summed E-state index contributed by atoms with van der Waals surface area (Å²) in [5.74, 6) is -0.0411. The first-order valence-electron chi connectivity index (χ1n) is 11.2. The van der Waals surface area contributed by atoms with E-state index in [-0.39, 0.29) is 24.5 Å². The van der Waals surface area contributed by atoms with Crippen molar-refractivity contribution in [3.8, 4) is 5.75 Å². The maximum atomic E-state index is 12.7. The van der Waals surface area contributed by atoms with E-state index < -0.39 is 0 Å². The number of esters is 1. The van der Waals surface area contributed by atoms with Crippen LogP contribution in [-0.2, 0) is 20.7 Å². The van der Waals surface area contributed by atoms with Crippen molar-refractivity contribution in [1.29, 1.82) is 0 Å². The first kappa shape index (κ1) is 23.6. The van der Waals surface area contributed by atoms with Crippen LogP contribution in [0.4, 0.5) is 5.69 Å². The molecule has 8 heteroatoms. The molecule has 0 spiro atoms. The van der Waals surface area contributed by atoms with Crippen molar-refractivity contribution in [2.24, 2.45) is 4.99 Å². The van der Waals surface area contributed by atoms with Crippen LogP contribution in [0.1, 0.15) is 37.9 Å². The maximum absolute atomic E-state index is 12.7. The molecule has 2 aliphatic heterocycles. The molecule has 0 unspecified atom stereocenters. The van der Waals surface area contributed by atoms with E-state index in [1.807, 2.05) is 59.8 Å². The van der Waals surface area contributed by atoms with Gasteiger partial charge < -0.3 is 19.7 Å². The third-order valence-electron chi connectivity index (χ3n) is 5.53. The van der Waals surface area contributed by atoms with Gasteiger partial charge in [-0.1, -0.05) is 43.0 Å². The van der Waals surface area contributed by atoms with Gasteiger partial charge in [0.1, 0.15) is 5.75 Å². The normalized spacial score (nSPS) is 16.7. The number of benzene rings is 2. The molecule has 0 bridgehead atoms. The molecule has 0 saturated heterocycles. The van der Waals surface area contributed by atoms with Crippen LogP contribution in [0.2, 0.25) is 0 Å². The summed E-state index contributed by atoms with van der Waals surface area (Å²) in [6.07, 6.45) is 2.87. The maximum Gasteiger partial charge on any atom is 0.338 e. The number of hydrogen-bond acceptors (Lipinski definition) is 7. The molecule has 4 rings (SSSR count). The highest BCUT2D eigenvalue weighted by Gasteiger charge is 2.37. The minimum Gasteiger partial charge on any atom is -0.484 e. The molecule has 34 heavy (non-hydrogen) atoms.